The average molecular weight is 331 g/mol. The topological polar surface area (TPSA) is 77.0 Å². The molecule has 0 aliphatic rings. The number of hydrogen-bond acceptors (Lipinski definition) is 5. The van der Waals surface area contributed by atoms with Crippen molar-refractivity contribution in [1.29, 1.82) is 0 Å². The van der Waals surface area contributed by atoms with E-state index in [1.165, 1.54) is 0 Å². The van der Waals surface area contributed by atoms with E-state index in [-0.39, 0.29) is 0 Å². The summed E-state index contributed by atoms with van der Waals surface area (Å²) < 4.78 is 16.2. The van der Waals surface area contributed by atoms with Gasteiger partial charge in [0.2, 0.25) is 0 Å². The van der Waals surface area contributed by atoms with Gasteiger partial charge in [-0.2, -0.15) is 0 Å². The molecule has 0 aliphatic carbocycles. The second-order valence-corrected chi connectivity index (χ2v) is 5.24. The largest absolute Gasteiger partial charge is 0.496 e. The molecule has 24 heavy (non-hydrogen) atoms. The number of hydrogen-bond donors (Lipinski definition) is 2. The number of carbonyl (C=O) groups is 1. The first-order valence-corrected chi connectivity index (χ1v) is 7.48. The third kappa shape index (κ3) is 4.89. The van der Waals surface area contributed by atoms with Crippen molar-refractivity contribution < 1.29 is 24.1 Å². The summed E-state index contributed by atoms with van der Waals surface area (Å²) in [5.41, 5.74) is 0.971. The standard InChI is InChI=1S/C18H21NO5/c1-12(18(20)21)19-11-13-4-6-14(7-5-13)24-17-9-15(22-2)8-16(10-17)23-3/h4-10,12,19H,11H2,1-3H3,(H,20,21). The first-order valence-electron chi connectivity index (χ1n) is 7.48. The third-order valence-corrected chi connectivity index (χ3v) is 3.47. The average Bonchev–Trinajstić information content (AvgIpc) is 2.60. The van der Waals surface area contributed by atoms with E-state index in [2.05, 4.69) is 5.32 Å². The first kappa shape index (κ1) is 17.6. The number of nitrogens with one attached hydrogen (secondary N) is 1. The summed E-state index contributed by atoms with van der Waals surface area (Å²) in [5, 5.41) is 11.8. The van der Waals surface area contributed by atoms with Crippen molar-refractivity contribution in [2.24, 2.45) is 0 Å². The van der Waals surface area contributed by atoms with Crippen LogP contribution in [0.3, 0.4) is 0 Å². The van der Waals surface area contributed by atoms with Gasteiger partial charge in [-0.05, 0) is 24.6 Å². The summed E-state index contributed by atoms with van der Waals surface area (Å²) in [6.45, 7) is 2.08. The lowest BCUT2D eigenvalue weighted by atomic mass is 10.2. The molecule has 1 unspecified atom stereocenters. The fraction of sp³-hybridized carbons (Fsp3) is 0.278. The van der Waals surface area contributed by atoms with Crippen LogP contribution in [0.1, 0.15) is 12.5 Å². The zero-order chi connectivity index (χ0) is 17.5. The molecule has 2 aromatic carbocycles. The van der Waals surface area contributed by atoms with Gasteiger partial charge in [0, 0.05) is 24.7 Å². The fourth-order valence-corrected chi connectivity index (χ4v) is 2.01. The van der Waals surface area contributed by atoms with Crippen molar-refractivity contribution in [2.45, 2.75) is 19.5 Å². The molecular formula is C18H21NO5. The summed E-state index contributed by atoms with van der Waals surface area (Å²) in [7, 11) is 3.16. The Balaban J connectivity index is 2.02. The second kappa shape index (κ2) is 8.21. The summed E-state index contributed by atoms with van der Waals surface area (Å²) in [6.07, 6.45) is 0. The summed E-state index contributed by atoms with van der Waals surface area (Å²) >= 11 is 0. The van der Waals surface area contributed by atoms with Crippen molar-refractivity contribution in [3.63, 3.8) is 0 Å². The predicted octanol–water partition coefficient (Wildman–Crippen LogP) is 3.06. The van der Waals surface area contributed by atoms with E-state index < -0.39 is 12.0 Å². The van der Waals surface area contributed by atoms with Crippen molar-refractivity contribution in [2.75, 3.05) is 14.2 Å². The van der Waals surface area contributed by atoms with Gasteiger partial charge in [0.1, 0.15) is 29.0 Å². The molecule has 6 heteroatoms. The van der Waals surface area contributed by atoms with Gasteiger partial charge in [-0.3, -0.25) is 4.79 Å². The quantitative estimate of drug-likeness (QED) is 0.774. The molecule has 0 saturated carbocycles. The number of rotatable bonds is 8. The highest BCUT2D eigenvalue weighted by atomic mass is 16.5. The third-order valence-electron chi connectivity index (χ3n) is 3.47. The Kier molecular flexibility index (Phi) is 6.03. The minimum absolute atomic E-state index is 0.473. The summed E-state index contributed by atoms with van der Waals surface area (Å²) in [4.78, 5) is 10.8. The maximum atomic E-state index is 10.8. The first-order chi connectivity index (χ1) is 11.5. The van der Waals surface area contributed by atoms with Crippen LogP contribution in [0.2, 0.25) is 0 Å². The van der Waals surface area contributed by atoms with Gasteiger partial charge in [-0.15, -0.1) is 0 Å². The van der Waals surface area contributed by atoms with Crippen molar-refractivity contribution in [3.05, 3.63) is 48.0 Å². The Morgan fingerprint density at radius 3 is 2.04 bits per heavy atom. The number of ether oxygens (including phenoxy) is 3. The van der Waals surface area contributed by atoms with Crippen molar-refractivity contribution in [1.82, 2.24) is 5.32 Å². The number of methoxy groups -OCH3 is 2. The Morgan fingerprint density at radius 2 is 1.54 bits per heavy atom. The predicted molar refractivity (Wildman–Crippen MR) is 90.0 cm³/mol. The lowest BCUT2D eigenvalue weighted by Gasteiger charge is -2.11. The molecule has 0 amide bonds. The fourth-order valence-electron chi connectivity index (χ4n) is 2.01. The van der Waals surface area contributed by atoms with Crippen LogP contribution in [0, 0.1) is 0 Å². The molecule has 6 nitrogen and oxygen atoms in total. The van der Waals surface area contributed by atoms with Crippen LogP contribution in [-0.4, -0.2) is 31.3 Å². The molecule has 128 valence electrons. The van der Waals surface area contributed by atoms with Gasteiger partial charge < -0.3 is 24.6 Å². The van der Waals surface area contributed by atoms with Gasteiger partial charge in [-0.25, -0.2) is 0 Å². The smallest absolute Gasteiger partial charge is 0.320 e. The van der Waals surface area contributed by atoms with Crippen molar-refractivity contribution in [3.8, 4) is 23.0 Å². The minimum atomic E-state index is -0.873. The Bertz CT molecular complexity index is 662. The Hall–Kier alpha value is -2.73. The highest BCUT2D eigenvalue weighted by Crippen LogP contribution is 2.30. The summed E-state index contributed by atoms with van der Waals surface area (Å²) in [5.74, 6) is 1.69. The molecule has 0 radical (unpaired) electrons. The molecule has 1 atom stereocenters. The lowest BCUT2D eigenvalue weighted by Crippen LogP contribution is -2.33. The second-order valence-electron chi connectivity index (χ2n) is 5.24. The molecule has 0 bridgehead atoms. The zero-order valence-electron chi connectivity index (χ0n) is 13.9. The van der Waals surface area contributed by atoms with Crippen LogP contribution in [0.5, 0.6) is 23.0 Å². The number of carboxylic acid groups (broad SMARTS) is 1. The molecule has 0 saturated heterocycles. The van der Waals surface area contributed by atoms with E-state index in [0.717, 1.165) is 5.56 Å². The molecule has 2 N–H and O–H groups in total. The molecule has 0 spiro atoms. The molecule has 0 aliphatic heterocycles. The van der Waals surface area contributed by atoms with E-state index in [0.29, 0.717) is 29.5 Å². The van der Waals surface area contributed by atoms with Crippen LogP contribution < -0.4 is 19.5 Å². The van der Waals surface area contributed by atoms with Crippen LogP contribution >= 0.6 is 0 Å². The SMILES string of the molecule is COc1cc(OC)cc(Oc2ccc(CNC(C)C(=O)O)cc2)c1. The Labute approximate surface area is 141 Å². The van der Waals surface area contributed by atoms with Crippen molar-refractivity contribution >= 4 is 5.97 Å². The molecule has 2 aromatic rings. The lowest BCUT2D eigenvalue weighted by molar-refractivity contribution is -0.139. The number of aliphatic carboxylic acids is 1. The maximum absolute atomic E-state index is 10.8. The van der Waals surface area contributed by atoms with Gasteiger partial charge in [0.25, 0.3) is 0 Å². The van der Waals surface area contributed by atoms with Crippen LogP contribution in [0.15, 0.2) is 42.5 Å². The Morgan fingerprint density at radius 1 is 1.00 bits per heavy atom. The van der Waals surface area contributed by atoms with Crippen LogP contribution in [0.4, 0.5) is 0 Å². The van der Waals surface area contributed by atoms with E-state index >= 15 is 0 Å². The van der Waals surface area contributed by atoms with E-state index in [1.807, 2.05) is 24.3 Å². The van der Waals surface area contributed by atoms with E-state index in [1.54, 1.807) is 39.3 Å². The van der Waals surface area contributed by atoms with E-state index in [4.69, 9.17) is 19.3 Å². The monoisotopic (exact) mass is 331 g/mol. The van der Waals surface area contributed by atoms with Gasteiger partial charge >= 0.3 is 5.97 Å². The highest BCUT2D eigenvalue weighted by Gasteiger charge is 2.09. The molecule has 0 aromatic heterocycles. The zero-order valence-corrected chi connectivity index (χ0v) is 13.9. The normalized spacial score (nSPS) is 11.6. The number of benzene rings is 2. The molecule has 0 fully saturated rings. The molecule has 2 rings (SSSR count). The summed E-state index contributed by atoms with van der Waals surface area (Å²) in [6, 6.07) is 12.1. The van der Waals surface area contributed by atoms with Crippen LogP contribution in [-0.2, 0) is 11.3 Å². The van der Waals surface area contributed by atoms with Gasteiger partial charge in [0.15, 0.2) is 0 Å². The molecular weight excluding hydrogens is 310 g/mol. The minimum Gasteiger partial charge on any atom is -0.496 e. The van der Waals surface area contributed by atoms with Gasteiger partial charge in [-0.1, -0.05) is 12.1 Å². The van der Waals surface area contributed by atoms with Crippen LogP contribution in [0.25, 0.3) is 0 Å². The van der Waals surface area contributed by atoms with Gasteiger partial charge in [0.05, 0.1) is 14.2 Å². The molecule has 0 heterocycles. The number of carboxylic acids is 1. The maximum Gasteiger partial charge on any atom is 0.320 e. The highest BCUT2D eigenvalue weighted by molar-refractivity contribution is 5.72. The van der Waals surface area contributed by atoms with E-state index in [9.17, 15) is 4.79 Å².